The summed E-state index contributed by atoms with van der Waals surface area (Å²) in [5.41, 5.74) is 2.52. The summed E-state index contributed by atoms with van der Waals surface area (Å²) in [6, 6.07) is 5.91. The van der Waals surface area contributed by atoms with Crippen molar-refractivity contribution < 1.29 is 4.74 Å². The van der Waals surface area contributed by atoms with E-state index in [1.165, 1.54) is 17.7 Å². The number of nitrogens with zero attached hydrogens (tertiary/aromatic N) is 2. The van der Waals surface area contributed by atoms with Crippen LogP contribution < -0.4 is 4.74 Å². The van der Waals surface area contributed by atoms with E-state index in [2.05, 4.69) is 32.0 Å². The van der Waals surface area contributed by atoms with Crippen LogP contribution in [0.15, 0.2) is 35.1 Å². The molecule has 0 amide bonds. The normalized spacial score (nSPS) is 13.5. The van der Waals surface area contributed by atoms with E-state index in [0.29, 0.717) is 11.6 Å². The van der Waals surface area contributed by atoms with Crippen LogP contribution in [0.2, 0.25) is 0 Å². The first-order chi connectivity index (χ1) is 8.31. The molecule has 0 atom stereocenters. The van der Waals surface area contributed by atoms with Crippen molar-refractivity contribution in [1.29, 1.82) is 0 Å². The van der Waals surface area contributed by atoms with Gasteiger partial charge >= 0.3 is 0 Å². The van der Waals surface area contributed by atoms with Gasteiger partial charge in [-0.1, -0.05) is 6.07 Å². The molecule has 0 bridgehead atoms. The number of aryl methyl sites for hydroxylation is 2. The van der Waals surface area contributed by atoms with Crippen LogP contribution in [-0.4, -0.2) is 9.97 Å². The zero-order valence-corrected chi connectivity index (χ0v) is 10.8. The van der Waals surface area contributed by atoms with Crippen molar-refractivity contribution in [3.63, 3.8) is 0 Å². The van der Waals surface area contributed by atoms with E-state index in [4.69, 9.17) is 4.74 Å². The van der Waals surface area contributed by atoms with E-state index < -0.39 is 0 Å². The molecule has 0 N–H and O–H groups in total. The van der Waals surface area contributed by atoms with E-state index in [0.717, 1.165) is 17.3 Å². The monoisotopic (exact) mass is 290 g/mol. The first-order valence-corrected chi connectivity index (χ1v) is 6.38. The van der Waals surface area contributed by atoms with Crippen LogP contribution in [0.5, 0.6) is 11.6 Å². The van der Waals surface area contributed by atoms with Crippen molar-refractivity contribution in [3.8, 4) is 11.6 Å². The average Bonchev–Trinajstić information content (AvgIpc) is 2.76. The second-order valence-corrected chi connectivity index (χ2v) is 4.97. The van der Waals surface area contributed by atoms with Gasteiger partial charge in [-0.25, -0.2) is 4.98 Å². The quantitative estimate of drug-likeness (QED) is 0.849. The Morgan fingerprint density at radius 1 is 1.18 bits per heavy atom. The largest absolute Gasteiger partial charge is 0.437 e. The van der Waals surface area contributed by atoms with Gasteiger partial charge in [-0.15, -0.1) is 0 Å². The Bertz CT molecular complexity index is 557. The van der Waals surface area contributed by atoms with Gasteiger partial charge in [0.1, 0.15) is 5.75 Å². The van der Waals surface area contributed by atoms with Gasteiger partial charge in [-0.05, 0) is 46.8 Å². The van der Waals surface area contributed by atoms with Crippen molar-refractivity contribution in [3.05, 3.63) is 46.3 Å². The minimum Gasteiger partial charge on any atom is -0.437 e. The maximum Gasteiger partial charge on any atom is 0.219 e. The molecule has 0 unspecified atom stereocenters. The lowest BCUT2D eigenvalue weighted by Crippen LogP contribution is -1.93. The van der Waals surface area contributed by atoms with Crippen molar-refractivity contribution in [2.45, 2.75) is 19.3 Å². The minimum absolute atomic E-state index is 0.644. The van der Waals surface area contributed by atoms with Gasteiger partial charge in [-0.2, -0.15) is 0 Å². The Morgan fingerprint density at radius 3 is 3.00 bits per heavy atom. The third kappa shape index (κ3) is 2.31. The third-order valence-corrected chi connectivity index (χ3v) is 3.24. The number of pyridine rings is 2. The van der Waals surface area contributed by atoms with E-state index in [1.54, 1.807) is 12.4 Å². The molecular formula is C13H11BrN2O. The summed E-state index contributed by atoms with van der Waals surface area (Å²) >= 11 is 3.36. The molecule has 2 aromatic rings. The van der Waals surface area contributed by atoms with Crippen molar-refractivity contribution in [2.24, 2.45) is 0 Å². The molecule has 0 saturated carbocycles. The lowest BCUT2D eigenvalue weighted by atomic mass is 10.2. The second kappa shape index (κ2) is 4.45. The van der Waals surface area contributed by atoms with E-state index >= 15 is 0 Å². The predicted octanol–water partition coefficient (Wildman–Crippen LogP) is 3.52. The highest BCUT2D eigenvalue weighted by molar-refractivity contribution is 9.10. The SMILES string of the molecule is Brc1cncc(Oc2ccc3c(n2)CCC3)c1. The summed E-state index contributed by atoms with van der Waals surface area (Å²) < 4.78 is 6.58. The fraction of sp³-hybridized carbons (Fsp3) is 0.231. The molecule has 3 nitrogen and oxygen atoms in total. The lowest BCUT2D eigenvalue weighted by Gasteiger charge is -2.06. The minimum atomic E-state index is 0.644. The number of hydrogen-bond donors (Lipinski definition) is 0. The molecule has 17 heavy (non-hydrogen) atoms. The van der Waals surface area contributed by atoms with Gasteiger partial charge in [0.15, 0.2) is 0 Å². The van der Waals surface area contributed by atoms with Crippen LogP contribution in [-0.2, 0) is 12.8 Å². The topological polar surface area (TPSA) is 35.0 Å². The molecule has 0 radical (unpaired) electrons. The smallest absolute Gasteiger partial charge is 0.219 e. The van der Waals surface area contributed by atoms with Gasteiger partial charge in [0.25, 0.3) is 0 Å². The van der Waals surface area contributed by atoms with Crippen LogP contribution in [0.1, 0.15) is 17.7 Å². The van der Waals surface area contributed by atoms with Gasteiger partial charge in [0, 0.05) is 22.4 Å². The highest BCUT2D eigenvalue weighted by atomic mass is 79.9. The highest BCUT2D eigenvalue weighted by Crippen LogP contribution is 2.26. The van der Waals surface area contributed by atoms with Gasteiger partial charge in [-0.3, -0.25) is 4.98 Å². The Hall–Kier alpha value is -1.42. The summed E-state index contributed by atoms with van der Waals surface area (Å²) in [5.74, 6) is 1.34. The highest BCUT2D eigenvalue weighted by Gasteiger charge is 2.13. The number of fused-ring (bicyclic) bond motifs is 1. The Labute approximate surface area is 108 Å². The average molecular weight is 291 g/mol. The summed E-state index contributed by atoms with van der Waals surface area (Å²) in [5, 5.41) is 0. The Kier molecular flexibility index (Phi) is 2.81. The number of hydrogen-bond acceptors (Lipinski definition) is 3. The molecule has 2 aromatic heterocycles. The maximum atomic E-state index is 5.68. The number of aromatic nitrogens is 2. The first kappa shape index (κ1) is 10.7. The molecule has 0 spiro atoms. The first-order valence-electron chi connectivity index (χ1n) is 5.58. The molecule has 1 aliphatic rings. The van der Waals surface area contributed by atoms with E-state index in [1.807, 2.05) is 12.1 Å². The molecule has 1 aliphatic carbocycles. The fourth-order valence-corrected chi connectivity index (χ4v) is 2.37. The van der Waals surface area contributed by atoms with Crippen LogP contribution in [0.4, 0.5) is 0 Å². The molecule has 0 fully saturated rings. The molecule has 86 valence electrons. The zero-order valence-electron chi connectivity index (χ0n) is 9.19. The lowest BCUT2D eigenvalue weighted by molar-refractivity contribution is 0.458. The molecule has 3 rings (SSSR count). The number of rotatable bonds is 2. The summed E-state index contributed by atoms with van der Waals surface area (Å²) in [7, 11) is 0. The van der Waals surface area contributed by atoms with Gasteiger partial charge < -0.3 is 4.74 Å². The molecule has 0 aliphatic heterocycles. The van der Waals surface area contributed by atoms with Crippen LogP contribution in [0.25, 0.3) is 0 Å². The van der Waals surface area contributed by atoms with Gasteiger partial charge in [0.05, 0.1) is 6.20 Å². The molecule has 4 heteroatoms. The van der Waals surface area contributed by atoms with E-state index in [9.17, 15) is 0 Å². The third-order valence-electron chi connectivity index (χ3n) is 2.80. The maximum absolute atomic E-state index is 5.68. The summed E-state index contributed by atoms with van der Waals surface area (Å²) in [4.78, 5) is 8.57. The van der Waals surface area contributed by atoms with Gasteiger partial charge in [0.2, 0.25) is 5.88 Å². The van der Waals surface area contributed by atoms with Crippen molar-refractivity contribution in [1.82, 2.24) is 9.97 Å². The Morgan fingerprint density at radius 2 is 2.12 bits per heavy atom. The van der Waals surface area contributed by atoms with Crippen LogP contribution >= 0.6 is 15.9 Å². The summed E-state index contributed by atoms with van der Waals surface area (Å²) in [6.07, 6.45) is 6.80. The van der Waals surface area contributed by atoms with Crippen molar-refractivity contribution >= 4 is 15.9 Å². The van der Waals surface area contributed by atoms with Crippen molar-refractivity contribution in [2.75, 3.05) is 0 Å². The Balaban J connectivity index is 1.86. The molecular weight excluding hydrogens is 280 g/mol. The zero-order chi connectivity index (χ0) is 11.7. The van der Waals surface area contributed by atoms with Crippen LogP contribution in [0, 0.1) is 0 Å². The molecule has 0 saturated heterocycles. The molecule has 0 aromatic carbocycles. The fourth-order valence-electron chi connectivity index (χ4n) is 2.03. The molecule has 2 heterocycles. The summed E-state index contributed by atoms with van der Waals surface area (Å²) in [6.45, 7) is 0. The number of ether oxygens (including phenoxy) is 1. The van der Waals surface area contributed by atoms with E-state index in [-0.39, 0.29) is 0 Å². The standard InChI is InChI=1S/C13H11BrN2O/c14-10-6-11(8-15-7-10)17-13-5-4-9-2-1-3-12(9)16-13/h4-8H,1-3H2. The second-order valence-electron chi connectivity index (χ2n) is 4.05. The van der Waals surface area contributed by atoms with Crippen LogP contribution in [0.3, 0.4) is 0 Å². The predicted molar refractivity (Wildman–Crippen MR) is 68.3 cm³/mol. The number of halogens is 1.